The van der Waals surface area contributed by atoms with Crippen molar-refractivity contribution < 1.29 is 0 Å². The molecule has 0 aliphatic heterocycles. The van der Waals surface area contributed by atoms with Gasteiger partial charge >= 0.3 is 0 Å². The Balaban J connectivity index is 1.99. The first-order valence-electron chi connectivity index (χ1n) is 4.32. The maximum Gasteiger partial charge on any atom is 0.129 e. The maximum absolute atomic E-state index is 4.19. The lowest BCUT2D eigenvalue weighted by molar-refractivity contribution is 0.810. The van der Waals surface area contributed by atoms with E-state index in [1.165, 1.54) is 6.33 Å². The Labute approximate surface area is 81.8 Å². The summed E-state index contributed by atoms with van der Waals surface area (Å²) in [7, 11) is 1.96. The van der Waals surface area contributed by atoms with Gasteiger partial charge in [-0.1, -0.05) is 0 Å². The number of imidazole rings is 1. The zero-order valence-electron chi connectivity index (χ0n) is 7.88. The molecule has 0 fully saturated rings. The minimum Gasteiger partial charge on any atom is -0.363 e. The monoisotopic (exact) mass is 189 g/mol. The number of aromatic nitrogens is 4. The molecule has 0 aliphatic rings. The first-order chi connectivity index (χ1) is 6.86. The zero-order valence-corrected chi connectivity index (χ0v) is 7.88. The Bertz CT molecular complexity index is 395. The van der Waals surface area contributed by atoms with Crippen molar-refractivity contribution in [1.82, 2.24) is 19.5 Å². The summed E-state index contributed by atoms with van der Waals surface area (Å²) in [6.45, 7) is 0.667. The standard InChI is InChI=1S/C9H11N5/c1-14-5-4-11-9(14)6-12-8-2-3-10-7-13-8/h2-5,7H,6H2,1H3,(H,10,12,13). The van der Waals surface area contributed by atoms with Crippen LogP contribution in [-0.4, -0.2) is 19.5 Å². The summed E-state index contributed by atoms with van der Waals surface area (Å²) in [5.41, 5.74) is 0. The predicted octanol–water partition coefficient (Wildman–Crippen LogP) is 0.822. The maximum atomic E-state index is 4.19. The van der Waals surface area contributed by atoms with Crippen molar-refractivity contribution in [2.24, 2.45) is 7.05 Å². The lowest BCUT2D eigenvalue weighted by Crippen LogP contribution is -2.06. The smallest absolute Gasteiger partial charge is 0.129 e. The number of nitrogens with one attached hydrogen (secondary N) is 1. The summed E-state index contributed by atoms with van der Waals surface area (Å²) < 4.78 is 1.97. The van der Waals surface area contributed by atoms with E-state index in [1.54, 1.807) is 12.4 Å². The largest absolute Gasteiger partial charge is 0.363 e. The third kappa shape index (κ3) is 1.87. The van der Waals surface area contributed by atoms with Gasteiger partial charge in [0.25, 0.3) is 0 Å². The minimum absolute atomic E-state index is 0.667. The van der Waals surface area contributed by atoms with Gasteiger partial charge in [-0.3, -0.25) is 0 Å². The number of aryl methyl sites for hydroxylation is 1. The van der Waals surface area contributed by atoms with Crippen LogP contribution in [0.1, 0.15) is 5.82 Å². The average molecular weight is 189 g/mol. The second kappa shape index (κ2) is 3.87. The molecule has 0 bridgehead atoms. The molecule has 0 saturated heterocycles. The molecule has 0 unspecified atom stereocenters. The van der Waals surface area contributed by atoms with E-state index in [2.05, 4.69) is 20.3 Å². The quantitative estimate of drug-likeness (QED) is 0.776. The summed E-state index contributed by atoms with van der Waals surface area (Å²) in [4.78, 5) is 12.1. The number of hydrogen-bond donors (Lipinski definition) is 1. The molecule has 5 nitrogen and oxygen atoms in total. The Hall–Kier alpha value is -1.91. The van der Waals surface area contributed by atoms with Crippen LogP contribution in [0.3, 0.4) is 0 Å². The van der Waals surface area contributed by atoms with Gasteiger partial charge in [-0.2, -0.15) is 0 Å². The molecule has 0 amide bonds. The van der Waals surface area contributed by atoms with E-state index >= 15 is 0 Å². The summed E-state index contributed by atoms with van der Waals surface area (Å²) in [6.07, 6.45) is 6.91. The Kier molecular flexibility index (Phi) is 2.40. The van der Waals surface area contributed by atoms with Crippen molar-refractivity contribution >= 4 is 5.82 Å². The molecule has 0 saturated carbocycles. The highest BCUT2D eigenvalue weighted by Crippen LogP contribution is 2.01. The van der Waals surface area contributed by atoms with Crippen LogP contribution in [0.2, 0.25) is 0 Å². The molecule has 14 heavy (non-hydrogen) atoms. The van der Waals surface area contributed by atoms with Crippen LogP contribution in [0, 0.1) is 0 Å². The third-order valence-corrected chi connectivity index (χ3v) is 1.93. The van der Waals surface area contributed by atoms with Gasteiger partial charge in [-0.05, 0) is 6.07 Å². The minimum atomic E-state index is 0.667. The highest BCUT2D eigenvalue weighted by molar-refractivity contribution is 5.31. The van der Waals surface area contributed by atoms with Crippen molar-refractivity contribution in [1.29, 1.82) is 0 Å². The molecule has 0 radical (unpaired) electrons. The number of nitrogens with zero attached hydrogens (tertiary/aromatic N) is 4. The fourth-order valence-electron chi connectivity index (χ4n) is 1.13. The van der Waals surface area contributed by atoms with E-state index in [-0.39, 0.29) is 0 Å². The number of anilines is 1. The van der Waals surface area contributed by atoms with Gasteiger partial charge in [0.1, 0.15) is 18.0 Å². The first kappa shape index (κ1) is 8.68. The molecule has 2 aromatic rings. The fraction of sp³-hybridized carbons (Fsp3) is 0.222. The van der Waals surface area contributed by atoms with Crippen molar-refractivity contribution in [2.75, 3.05) is 5.32 Å². The molecule has 72 valence electrons. The van der Waals surface area contributed by atoms with Gasteiger partial charge in [0.05, 0.1) is 6.54 Å². The van der Waals surface area contributed by atoms with Gasteiger partial charge in [0.2, 0.25) is 0 Å². The molecular formula is C9H11N5. The molecule has 0 atom stereocenters. The summed E-state index contributed by atoms with van der Waals surface area (Å²) >= 11 is 0. The zero-order chi connectivity index (χ0) is 9.80. The van der Waals surface area contributed by atoms with E-state index in [1.807, 2.05) is 23.9 Å². The average Bonchev–Trinajstić information content (AvgIpc) is 2.63. The number of rotatable bonds is 3. The van der Waals surface area contributed by atoms with Crippen LogP contribution >= 0.6 is 0 Å². The summed E-state index contributed by atoms with van der Waals surface area (Å²) in [5, 5.41) is 3.15. The van der Waals surface area contributed by atoms with E-state index in [0.717, 1.165) is 11.6 Å². The van der Waals surface area contributed by atoms with Crippen molar-refractivity contribution in [3.8, 4) is 0 Å². The van der Waals surface area contributed by atoms with Crippen LogP contribution in [-0.2, 0) is 13.6 Å². The molecule has 0 spiro atoms. The summed E-state index contributed by atoms with van der Waals surface area (Å²) in [6, 6.07) is 1.82. The predicted molar refractivity (Wildman–Crippen MR) is 52.6 cm³/mol. The van der Waals surface area contributed by atoms with E-state index in [9.17, 15) is 0 Å². The molecule has 2 heterocycles. The molecule has 2 aromatic heterocycles. The van der Waals surface area contributed by atoms with Gasteiger partial charge in [0.15, 0.2) is 0 Å². The molecule has 5 heteroatoms. The molecular weight excluding hydrogens is 178 g/mol. The van der Waals surface area contributed by atoms with Gasteiger partial charge < -0.3 is 9.88 Å². The van der Waals surface area contributed by atoms with Crippen LogP contribution in [0.5, 0.6) is 0 Å². The van der Waals surface area contributed by atoms with Crippen molar-refractivity contribution in [3.63, 3.8) is 0 Å². The van der Waals surface area contributed by atoms with E-state index in [0.29, 0.717) is 6.54 Å². The molecule has 0 aliphatic carbocycles. The van der Waals surface area contributed by atoms with Crippen molar-refractivity contribution in [3.05, 3.63) is 36.8 Å². The lowest BCUT2D eigenvalue weighted by Gasteiger charge is -2.04. The van der Waals surface area contributed by atoms with E-state index in [4.69, 9.17) is 0 Å². The van der Waals surface area contributed by atoms with Crippen LogP contribution < -0.4 is 5.32 Å². The van der Waals surface area contributed by atoms with Crippen LogP contribution in [0.4, 0.5) is 5.82 Å². The fourth-order valence-corrected chi connectivity index (χ4v) is 1.13. The Morgan fingerprint density at radius 1 is 1.36 bits per heavy atom. The van der Waals surface area contributed by atoms with Gasteiger partial charge in [0, 0.05) is 25.6 Å². The highest BCUT2D eigenvalue weighted by atomic mass is 15.1. The first-order valence-corrected chi connectivity index (χ1v) is 4.32. The van der Waals surface area contributed by atoms with Gasteiger partial charge in [-0.15, -0.1) is 0 Å². The Morgan fingerprint density at radius 3 is 2.93 bits per heavy atom. The van der Waals surface area contributed by atoms with Crippen molar-refractivity contribution in [2.45, 2.75) is 6.54 Å². The van der Waals surface area contributed by atoms with Crippen LogP contribution in [0.25, 0.3) is 0 Å². The summed E-state index contributed by atoms with van der Waals surface area (Å²) in [5.74, 6) is 1.78. The third-order valence-electron chi connectivity index (χ3n) is 1.93. The topological polar surface area (TPSA) is 55.6 Å². The number of hydrogen-bond acceptors (Lipinski definition) is 4. The lowest BCUT2D eigenvalue weighted by atomic mass is 10.5. The molecule has 1 N–H and O–H groups in total. The van der Waals surface area contributed by atoms with E-state index < -0.39 is 0 Å². The second-order valence-electron chi connectivity index (χ2n) is 2.90. The SMILES string of the molecule is Cn1ccnc1CNc1ccncn1. The second-order valence-corrected chi connectivity index (χ2v) is 2.90. The Morgan fingerprint density at radius 2 is 2.29 bits per heavy atom. The van der Waals surface area contributed by atoms with Gasteiger partial charge in [-0.25, -0.2) is 15.0 Å². The molecule has 0 aromatic carbocycles. The normalized spacial score (nSPS) is 10.1. The highest BCUT2D eigenvalue weighted by Gasteiger charge is 1.98. The molecule has 2 rings (SSSR count). The van der Waals surface area contributed by atoms with Crippen LogP contribution in [0.15, 0.2) is 31.0 Å².